The molecule has 6 nitrogen and oxygen atoms in total. The number of hydrogen-bond acceptors (Lipinski definition) is 5. The van der Waals surface area contributed by atoms with Crippen LogP contribution >= 0.6 is 11.3 Å². The van der Waals surface area contributed by atoms with E-state index in [1.807, 2.05) is 57.2 Å². The van der Waals surface area contributed by atoms with E-state index in [4.69, 9.17) is 4.74 Å². The van der Waals surface area contributed by atoms with Crippen LogP contribution in [0.5, 0.6) is 5.75 Å². The fraction of sp³-hybridized carbons (Fsp3) is 0.174. The molecule has 0 unspecified atom stereocenters. The molecule has 0 bridgehead atoms. The highest BCUT2D eigenvalue weighted by Crippen LogP contribution is 2.27. The van der Waals surface area contributed by atoms with Crippen molar-refractivity contribution in [3.63, 3.8) is 0 Å². The number of nitrogens with zero attached hydrogens (tertiary/aromatic N) is 2. The number of carbonyl (C=O) groups is 1. The van der Waals surface area contributed by atoms with Gasteiger partial charge < -0.3 is 10.1 Å². The molecule has 0 radical (unpaired) electrons. The van der Waals surface area contributed by atoms with Crippen molar-refractivity contribution in [3.05, 3.63) is 92.3 Å². The van der Waals surface area contributed by atoms with E-state index in [0.717, 1.165) is 16.0 Å². The van der Waals surface area contributed by atoms with Crippen LogP contribution in [0.15, 0.2) is 59.5 Å². The Morgan fingerprint density at radius 1 is 1.13 bits per heavy atom. The van der Waals surface area contributed by atoms with Gasteiger partial charge in [0.1, 0.15) is 12.4 Å². The number of nitrogens with one attached hydrogen (secondary N) is 1. The Kier molecular flexibility index (Phi) is 5.37. The second-order valence-electron chi connectivity index (χ2n) is 7.14. The Morgan fingerprint density at radius 3 is 2.73 bits per heavy atom. The van der Waals surface area contributed by atoms with E-state index in [1.54, 1.807) is 12.3 Å². The number of thiazole rings is 1. The van der Waals surface area contributed by atoms with Gasteiger partial charge >= 0.3 is 0 Å². The van der Waals surface area contributed by atoms with Crippen molar-refractivity contribution in [3.8, 4) is 5.75 Å². The van der Waals surface area contributed by atoms with Gasteiger partial charge in [0, 0.05) is 22.7 Å². The Labute approximate surface area is 177 Å². The molecule has 0 aliphatic carbocycles. The van der Waals surface area contributed by atoms with E-state index >= 15 is 0 Å². The SMILES string of the molecule is Cc1ccc(NC(=O)c2ccccc2C)c(OCc2cc(=O)n3cc(C)sc3n2)c1. The number of fused-ring (bicyclic) bond motifs is 1. The number of aryl methyl sites for hydroxylation is 3. The summed E-state index contributed by atoms with van der Waals surface area (Å²) in [6.45, 7) is 5.91. The highest BCUT2D eigenvalue weighted by molar-refractivity contribution is 7.16. The minimum Gasteiger partial charge on any atom is -0.485 e. The predicted molar refractivity (Wildman–Crippen MR) is 119 cm³/mol. The highest BCUT2D eigenvalue weighted by Gasteiger charge is 2.13. The van der Waals surface area contributed by atoms with Crippen LogP contribution in [0.25, 0.3) is 4.96 Å². The van der Waals surface area contributed by atoms with E-state index in [0.29, 0.717) is 27.7 Å². The van der Waals surface area contributed by atoms with Crippen molar-refractivity contribution >= 4 is 27.9 Å². The summed E-state index contributed by atoms with van der Waals surface area (Å²) in [6.07, 6.45) is 1.78. The molecule has 0 spiro atoms. The van der Waals surface area contributed by atoms with Gasteiger partial charge in [-0.1, -0.05) is 24.3 Å². The molecule has 0 aliphatic rings. The summed E-state index contributed by atoms with van der Waals surface area (Å²) in [4.78, 5) is 31.2. The monoisotopic (exact) mass is 419 g/mol. The molecule has 1 N–H and O–H groups in total. The van der Waals surface area contributed by atoms with Gasteiger partial charge in [-0.25, -0.2) is 4.98 Å². The van der Waals surface area contributed by atoms with Gasteiger partial charge in [-0.3, -0.25) is 14.0 Å². The van der Waals surface area contributed by atoms with Crippen LogP contribution in [0.4, 0.5) is 5.69 Å². The average Bonchev–Trinajstić information content (AvgIpc) is 3.09. The third-order valence-corrected chi connectivity index (χ3v) is 5.58. The second kappa shape index (κ2) is 8.12. The molecule has 0 atom stereocenters. The van der Waals surface area contributed by atoms with Crippen molar-refractivity contribution in [2.24, 2.45) is 0 Å². The van der Waals surface area contributed by atoms with E-state index in [-0.39, 0.29) is 18.1 Å². The van der Waals surface area contributed by atoms with Crippen LogP contribution < -0.4 is 15.6 Å². The molecular formula is C23H21N3O3S. The molecule has 4 rings (SSSR count). The van der Waals surface area contributed by atoms with Gasteiger partial charge in [-0.05, 0) is 50.1 Å². The summed E-state index contributed by atoms with van der Waals surface area (Å²) >= 11 is 1.45. The smallest absolute Gasteiger partial charge is 0.258 e. The number of hydrogen-bond donors (Lipinski definition) is 1. The van der Waals surface area contributed by atoms with Crippen LogP contribution in [-0.2, 0) is 6.61 Å². The highest BCUT2D eigenvalue weighted by atomic mass is 32.1. The standard InChI is InChI=1S/C23H21N3O3S/c1-14-8-9-19(25-22(28)18-7-5-4-6-15(18)2)20(10-14)29-13-17-11-21(27)26-12-16(3)30-23(26)24-17/h4-12H,13H2,1-3H3,(H,25,28). The number of anilines is 1. The quantitative estimate of drug-likeness (QED) is 0.516. The Bertz CT molecular complexity index is 1310. The Balaban J connectivity index is 1.57. The Morgan fingerprint density at radius 2 is 1.93 bits per heavy atom. The molecule has 1 amide bonds. The molecule has 30 heavy (non-hydrogen) atoms. The van der Waals surface area contributed by atoms with E-state index in [9.17, 15) is 9.59 Å². The van der Waals surface area contributed by atoms with E-state index < -0.39 is 0 Å². The van der Waals surface area contributed by atoms with Gasteiger partial charge in [-0.2, -0.15) is 0 Å². The molecule has 2 heterocycles. The Hall–Kier alpha value is -3.45. The first kappa shape index (κ1) is 19.8. The normalized spacial score (nSPS) is 10.9. The fourth-order valence-electron chi connectivity index (χ4n) is 3.15. The molecule has 152 valence electrons. The average molecular weight is 420 g/mol. The minimum absolute atomic E-state index is 0.124. The fourth-order valence-corrected chi connectivity index (χ4v) is 4.00. The van der Waals surface area contributed by atoms with Crippen molar-refractivity contribution in [2.75, 3.05) is 5.32 Å². The number of rotatable bonds is 5. The molecule has 2 aromatic heterocycles. The first-order chi connectivity index (χ1) is 14.4. The van der Waals surface area contributed by atoms with Crippen LogP contribution in [-0.4, -0.2) is 15.3 Å². The predicted octanol–water partition coefficient (Wildman–Crippen LogP) is 4.51. The number of carbonyl (C=O) groups excluding carboxylic acids is 1. The third-order valence-electron chi connectivity index (χ3n) is 4.69. The largest absolute Gasteiger partial charge is 0.485 e. The lowest BCUT2D eigenvalue weighted by Gasteiger charge is -2.14. The van der Waals surface area contributed by atoms with Gasteiger partial charge in [0.15, 0.2) is 4.96 Å². The minimum atomic E-state index is -0.200. The van der Waals surface area contributed by atoms with E-state index in [1.165, 1.54) is 21.8 Å². The maximum atomic E-state index is 12.7. The summed E-state index contributed by atoms with van der Waals surface area (Å²) in [6, 6.07) is 14.5. The summed E-state index contributed by atoms with van der Waals surface area (Å²) in [5.41, 5.74) is 3.47. The summed E-state index contributed by atoms with van der Waals surface area (Å²) in [7, 11) is 0. The molecule has 7 heteroatoms. The lowest BCUT2D eigenvalue weighted by atomic mass is 10.1. The van der Waals surface area contributed by atoms with Crippen LogP contribution in [0.2, 0.25) is 0 Å². The third kappa shape index (κ3) is 4.11. The zero-order valence-corrected chi connectivity index (χ0v) is 17.7. The lowest BCUT2D eigenvalue weighted by Crippen LogP contribution is -2.15. The van der Waals surface area contributed by atoms with Crippen LogP contribution in [0, 0.1) is 20.8 Å². The zero-order valence-electron chi connectivity index (χ0n) is 16.9. The van der Waals surface area contributed by atoms with Gasteiger partial charge in [-0.15, -0.1) is 11.3 Å². The van der Waals surface area contributed by atoms with Crippen LogP contribution in [0.1, 0.15) is 32.1 Å². The zero-order chi connectivity index (χ0) is 21.3. The number of amides is 1. The maximum Gasteiger partial charge on any atom is 0.258 e. The van der Waals surface area contributed by atoms with Gasteiger partial charge in [0.2, 0.25) is 0 Å². The topological polar surface area (TPSA) is 72.7 Å². The van der Waals surface area contributed by atoms with Crippen molar-refractivity contribution in [1.29, 1.82) is 0 Å². The summed E-state index contributed by atoms with van der Waals surface area (Å²) in [5, 5.41) is 2.93. The van der Waals surface area contributed by atoms with Crippen LogP contribution in [0.3, 0.4) is 0 Å². The summed E-state index contributed by atoms with van der Waals surface area (Å²) < 4.78 is 7.49. The number of benzene rings is 2. The molecule has 0 fully saturated rings. The molecule has 2 aromatic carbocycles. The van der Waals surface area contributed by atoms with Crippen molar-refractivity contribution in [1.82, 2.24) is 9.38 Å². The van der Waals surface area contributed by atoms with Gasteiger partial charge in [0.25, 0.3) is 11.5 Å². The molecule has 4 aromatic rings. The molecule has 0 saturated carbocycles. The molecule has 0 saturated heterocycles. The maximum absolute atomic E-state index is 12.7. The first-order valence-corrected chi connectivity index (χ1v) is 10.3. The second-order valence-corrected chi connectivity index (χ2v) is 8.35. The first-order valence-electron chi connectivity index (χ1n) is 9.50. The number of ether oxygens (including phenoxy) is 1. The number of aromatic nitrogens is 2. The van der Waals surface area contributed by atoms with Crippen molar-refractivity contribution < 1.29 is 9.53 Å². The molecule has 0 aliphatic heterocycles. The van der Waals surface area contributed by atoms with Gasteiger partial charge in [0.05, 0.1) is 11.4 Å². The summed E-state index contributed by atoms with van der Waals surface area (Å²) in [5.74, 6) is 0.329. The van der Waals surface area contributed by atoms with E-state index in [2.05, 4.69) is 10.3 Å². The molecular weight excluding hydrogens is 398 g/mol. The van der Waals surface area contributed by atoms with Crippen molar-refractivity contribution in [2.45, 2.75) is 27.4 Å². The lowest BCUT2D eigenvalue weighted by molar-refractivity contribution is 0.102.